The number of carbonyl (C=O) groups excluding carboxylic acids is 5. The Kier molecular flexibility index (Phi) is 9.06. The molecule has 24 heavy (non-hydrogen) atoms. The van der Waals surface area contributed by atoms with Gasteiger partial charge >= 0.3 is 29.8 Å². The number of carbonyl (C=O) groups is 5. The molecule has 0 amide bonds. The van der Waals surface area contributed by atoms with E-state index < -0.39 is 54.8 Å². The van der Waals surface area contributed by atoms with Crippen LogP contribution in [0.3, 0.4) is 0 Å². The van der Waals surface area contributed by atoms with Crippen molar-refractivity contribution in [2.24, 2.45) is 0 Å². The van der Waals surface area contributed by atoms with Gasteiger partial charge in [-0.1, -0.05) is 0 Å². The summed E-state index contributed by atoms with van der Waals surface area (Å²) in [7, 11) is 1.02. The van der Waals surface area contributed by atoms with Gasteiger partial charge in [0, 0.05) is 27.7 Å². The summed E-state index contributed by atoms with van der Waals surface area (Å²) in [4.78, 5) is 56.6. The quantitative estimate of drug-likeness (QED) is 0.418. The predicted octanol–water partition coefficient (Wildman–Crippen LogP) is -0.482. The number of hydrogen-bond donors (Lipinski definition) is 0. The lowest BCUT2D eigenvalue weighted by atomic mass is 10.1. The van der Waals surface area contributed by atoms with Crippen LogP contribution in [0.15, 0.2) is 0 Å². The fourth-order valence-corrected chi connectivity index (χ4v) is 1.68. The van der Waals surface area contributed by atoms with Gasteiger partial charge in [0.1, 0.15) is 6.61 Å². The zero-order valence-corrected chi connectivity index (χ0v) is 14.0. The first-order valence-corrected chi connectivity index (χ1v) is 6.81. The van der Waals surface area contributed by atoms with Gasteiger partial charge in [-0.2, -0.15) is 0 Å². The highest BCUT2D eigenvalue weighted by Gasteiger charge is 2.42. The first kappa shape index (κ1) is 21.4. The number of esters is 5. The number of ether oxygens (including phenoxy) is 5. The summed E-state index contributed by atoms with van der Waals surface area (Å²) in [5, 5.41) is 0. The van der Waals surface area contributed by atoms with E-state index in [0.29, 0.717) is 0 Å². The average molecular weight is 348 g/mol. The van der Waals surface area contributed by atoms with Crippen LogP contribution < -0.4 is 0 Å². The molecule has 0 aromatic carbocycles. The summed E-state index contributed by atoms with van der Waals surface area (Å²) in [6.45, 7) is 3.70. The van der Waals surface area contributed by atoms with Crippen LogP contribution >= 0.6 is 0 Å². The Balaban J connectivity index is 5.67. The molecule has 0 spiro atoms. The Hall–Kier alpha value is -2.65. The van der Waals surface area contributed by atoms with Crippen molar-refractivity contribution in [1.82, 2.24) is 0 Å². The Morgan fingerprint density at radius 2 is 1.25 bits per heavy atom. The van der Waals surface area contributed by atoms with Crippen molar-refractivity contribution in [3.63, 3.8) is 0 Å². The van der Waals surface area contributed by atoms with Crippen LogP contribution in [-0.4, -0.2) is 61.9 Å². The Morgan fingerprint density at radius 1 is 0.750 bits per heavy atom. The molecular weight excluding hydrogens is 328 g/mol. The number of rotatable bonds is 8. The molecule has 0 bridgehead atoms. The van der Waals surface area contributed by atoms with Crippen LogP contribution in [0.2, 0.25) is 0 Å². The third-order valence-electron chi connectivity index (χ3n) is 2.46. The lowest BCUT2D eigenvalue weighted by Crippen LogP contribution is -2.51. The zero-order chi connectivity index (χ0) is 18.9. The van der Waals surface area contributed by atoms with Gasteiger partial charge < -0.3 is 23.7 Å². The van der Waals surface area contributed by atoms with E-state index in [9.17, 15) is 24.0 Å². The highest BCUT2D eigenvalue weighted by atomic mass is 16.6. The zero-order valence-electron chi connectivity index (χ0n) is 14.0. The summed E-state index contributed by atoms with van der Waals surface area (Å²) >= 11 is 0. The highest BCUT2D eigenvalue weighted by molar-refractivity contribution is 5.80. The lowest BCUT2D eigenvalue weighted by Gasteiger charge is -2.30. The van der Waals surface area contributed by atoms with Gasteiger partial charge in [-0.05, 0) is 0 Å². The minimum absolute atomic E-state index is 0.526. The third-order valence-corrected chi connectivity index (χ3v) is 2.46. The molecule has 0 saturated heterocycles. The minimum Gasteiger partial charge on any atom is -0.466 e. The maximum Gasteiger partial charge on any atom is 0.351 e. The van der Waals surface area contributed by atoms with Crippen LogP contribution in [0.1, 0.15) is 27.7 Å². The maximum atomic E-state index is 11.9. The van der Waals surface area contributed by atoms with Gasteiger partial charge in [0.2, 0.25) is 6.10 Å². The van der Waals surface area contributed by atoms with Gasteiger partial charge in [0.15, 0.2) is 12.2 Å². The number of hydrogen-bond acceptors (Lipinski definition) is 10. The molecule has 0 heterocycles. The van der Waals surface area contributed by atoms with Crippen LogP contribution in [0.4, 0.5) is 0 Å². The van der Waals surface area contributed by atoms with Gasteiger partial charge in [-0.25, -0.2) is 4.79 Å². The Labute approximate surface area is 138 Å². The van der Waals surface area contributed by atoms with Crippen molar-refractivity contribution in [3.05, 3.63) is 0 Å². The van der Waals surface area contributed by atoms with E-state index in [0.717, 1.165) is 34.8 Å². The van der Waals surface area contributed by atoms with Crippen molar-refractivity contribution in [3.8, 4) is 0 Å². The first-order chi connectivity index (χ1) is 11.1. The van der Waals surface area contributed by atoms with Gasteiger partial charge in [0.05, 0.1) is 7.11 Å². The second kappa shape index (κ2) is 10.2. The molecule has 3 atom stereocenters. The first-order valence-electron chi connectivity index (χ1n) is 6.81. The van der Waals surface area contributed by atoms with Gasteiger partial charge in [-0.3, -0.25) is 19.2 Å². The van der Waals surface area contributed by atoms with E-state index in [1.165, 1.54) is 0 Å². The summed E-state index contributed by atoms with van der Waals surface area (Å²) < 4.78 is 23.9. The predicted molar refractivity (Wildman–Crippen MR) is 75.3 cm³/mol. The molecule has 0 unspecified atom stereocenters. The van der Waals surface area contributed by atoms with E-state index in [1.807, 2.05) is 0 Å². The monoisotopic (exact) mass is 348 g/mol. The van der Waals surface area contributed by atoms with E-state index in [1.54, 1.807) is 0 Å². The minimum atomic E-state index is -1.71. The van der Waals surface area contributed by atoms with E-state index in [2.05, 4.69) is 4.74 Å². The van der Waals surface area contributed by atoms with Gasteiger partial charge in [0.25, 0.3) is 0 Å². The summed E-state index contributed by atoms with van der Waals surface area (Å²) in [5.74, 6) is -4.25. The normalized spacial score (nSPS) is 13.7. The summed E-state index contributed by atoms with van der Waals surface area (Å²) in [5.41, 5.74) is 0. The van der Waals surface area contributed by atoms with Crippen LogP contribution in [0, 0.1) is 0 Å². The van der Waals surface area contributed by atoms with E-state index in [-0.39, 0.29) is 0 Å². The second-order valence-electron chi connectivity index (χ2n) is 4.58. The lowest BCUT2D eigenvalue weighted by molar-refractivity contribution is -0.196. The molecule has 0 radical (unpaired) electrons. The highest BCUT2D eigenvalue weighted by Crippen LogP contribution is 2.16. The Bertz CT molecular complexity index is 498. The maximum absolute atomic E-state index is 11.9. The smallest absolute Gasteiger partial charge is 0.351 e. The molecule has 0 rings (SSSR count). The average Bonchev–Trinajstić information content (AvgIpc) is 2.45. The van der Waals surface area contributed by atoms with Crippen LogP contribution in [-0.2, 0) is 47.7 Å². The molecule has 0 aromatic rings. The molecule has 10 nitrogen and oxygen atoms in total. The third kappa shape index (κ3) is 8.11. The summed E-state index contributed by atoms with van der Waals surface area (Å²) in [6.07, 6.45) is -4.67. The molecule has 10 heteroatoms. The molecule has 0 aromatic heterocycles. The molecular formula is C14H20O10. The van der Waals surface area contributed by atoms with Crippen LogP contribution in [0.25, 0.3) is 0 Å². The molecule has 0 N–H and O–H groups in total. The largest absolute Gasteiger partial charge is 0.466 e. The van der Waals surface area contributed by atoms with E-state index in [4.69, 9.17) is 18.9 Å². The topological polar surface area (TPSA) is 132 Å². The fourth-order valence-electron chi connectivity index (χ4n) is 1.68. The van der Waals surface area contributed by atoms with Crippen molar-refractivity contribution in [1.29, 1.82) is 0 Å². The number of methoxy groups -OCH3 is 1. The summed E-state index contributed by atoms with van der Waals surface area (Å²) in [6, 6.07) is 0. The molecule has 136 valence electrons. The van der Waals surface area contributed by atoms with Crippen molar-refractivity contribution >= 4 is 29.8 Å². The van der Waals surface area contributed by atoms with Crippen molar-refractivity contribution in [2.75, 3.05) is 13.7 Å². The molecule has 0 fully saturated rings. The Morgan fingerprint density at radius 3 is 1.62 bits per heavy atom. The van der Waals surface area contributed by atoms with Gasteiger partial charge in [-0.15, -0.1) is 0 Å². The second-order valence-corrected chi connectivity index (χ2v) is 4.58. The standard InChI is InChI=1S/C14H20O10/c1-7(15)21-6-11(22-8(2)16)12(23-9(3)17)13(14(19)20-5)24-10(4)18/h11-13H,6H2,1-5H3/t11-,12-,13+/m1/s1. The van der Waals surface area contributed by atoms with Crippen LogP contribution in [0.5, 0.6) is 0 Å². The van der Waals surface area contributed by atoms with E-state index >= 15 is 0 Å². The molecule has 0 aliphatic carbocycles. The molecule has 0 aliphatic heterocycles. The van der Waals surface area contributed by atoms with Crippen molar-refractivity contribution < 1.29 is 47.7 Å². The SMILES string of the molecule is COC(=O)[C@@H](OC(C)=O)[C@H](OC(C)=O)[C@@H](COC(C)=O)OC(C)=O. The van der Waals surface area contributed by atoms with Crippen molar-refractivity contribution in [2.45, 2.75) is 46.0 Å². The fraction of sp³-hybridized carbons (Fsp3) is 0.643. The molecule has 0 aliphatic rings. The molecule has 0 saturated carbocycles.